The van der Waals surface area contributed by atoms with Crippen molar-refractivity contribution in [1.29, 1.82) is 0 Å². The Morgan fingerprint density at radius 2 is 2.07 bits per heavy atom. The van der Waals surface area contributed by atoms with Crippen molar-refractivity contribution in [3.8, 4) is 10.6 Å². The number of thiazole rings is 1. The highest BCUT2D eigenvalue weighted by atomic mass is 32.1. The summed E-state index contributed by atoms with van der Waals surface area (Å²) in [7, 11) is 3.95. The first-order valence-corrected chi connectivity index (χ1v) is 10.3. The van der Waals surface area contributed by atoms with Gasteiger partial charge in [0.25, 0.3) is 5.91 Å². The molecule has 2 heterocycles. The topological polar surface area (TPSA) is 92.2 Å². The quantitative estimate of drug-likeness (QED) is 0.772. The van der Waals surface area contributed by atoms with Gasteiger partial charge in [-0.3, -0.25) is 14.3 Å². The largest absolute Gasteiger partial charge is 0.349 e. The first kappa shape index (κ1) is 20.5. The number of hydrogen-bond donors (Lipinski definition) is 2. The van der Waals surface area contributed by atoms with E-state index in [1.165, 1.54) is 18.3 Å². The van der Waals surface area contributed by atoms with Crippen LogP contribution in [0.1, 0.15) is 61.4 Å². The number of likely N-dealkylation sites (N-methyl/N-ethyl adjacent to an activating group) is 1. The molecular weight excluding hydrogens is 376 g/mol. The van der Waals surface area contributed by atoms with Gasteiger partial charge in [0, 0.05) is 31.6 Å². The number of nitrogens with one attached hydrogen (secondary N) is 2. The number of nitrogens with zero attached hydrogens (tertiary/aromatic N) is 4. The number of aromatic nitrogens is 3. The van der Waals surface area contributed by atoms with Crippen LogP contribution >= 0.6 is 11.3 Å². The molecule has 1 unspecified atom stereocenters. The Morgan fingerprint density at radius 1 is 1.36 bits per heavy atom. The highest BCUT2D eigenvalue weighted by Crippen LogP contribution is 2.46. The van der Waals surface area contributed by atoms with Crippen LogP contribution in [0.15, 0.2) is 0 Å². The number of carbonyl (C=O) groups is 2. The molecule has 0 aromatic carbocycles. The zero-order valence-corrected chi connectivity index (χ0v) is 18.1. The molecule has 0 saturated heterocycles. The van der Waals surface area contributed by atoms with E-state index in [0.29, 0.717) is 17.4 Å². The van der Waals surface area contributed by atoms with Gasteiger partial charge in [0.1, 0.15) is 0 Å². The fourth-order valence-corrected chi connectivity index (χ4v) is 4.52. The fraction of sp³-hybridized carbons (Fsp3) is 0.579. The maximum Gasteiger partial charge on any atom is 0.272 e. The van der Waals surface area contributed by atoms with Gasteiger partial charge >= 0.3 is 0 Å². The highest BCUT2D eigenvalue weighted by Gasteiger charge is 2.35. The standard InChI is InChI=1S/C19H28N6O2S/c1-10(2)25-16-14(15(23-25)18(27)20-7-8-24(5)6)11(3)9-13-17(16)28-19(22-13)21-12(4)26/h10-11H,7-9H2,1-6H3,(H,20,27)(H,21,22,26). The Kier molecular flexibility index (Phi) is 5.85. The van der Waals surface area contributed by atoms with Crippen LogP contribution in [0, 0.1) is 0 Å². The molecule has 152 valence electrons. The summed E-state index contributed by atoms with van der Waals surface area (Å²) in [6.07, 6.45) is 0.722. The van der Waals surface area contributed by atoms with E-state index in [1.54, 1.807) is 0 Å². The summed E-state index contributed by atoms with van der Waals surface area (Å²) in [6, 6.07) is 0.0986. The Labute approximate surface area is 169 Å². The van der Waals surface area contributed by atoms with Crippen LogP contribution in [0.3, 0.4) is 0 Å². The van der Waals surface area contributed by atoms with E-state index >= 15 is 0 Å². The Bertz CT molecular complexity index is 899. The third kappa shape index (κ3) is 3.95. The van der Waals surface area contributed by atoms with Crippen molar-refractivity contribution in [2.45, 2.75) is 46.1 Å². The minimum Gasteiger partial charge on any atom is -0.349 e. The lowest BCUT2D eigenvalue weighted by Crippen LogP contribution is -2.32. The molecule has 2 amide bonds. The summed E-state index contributed by atoms with van der Waals surface area (Å²) < 4.78 is 1.92. The Balaban J connectivity index is 2.03. The second-order valence-electron chi connectivity index (χ2n) is 7.79. The molecule has 0 spiro atoms. The van der Waals surface area contributed by atoms with Crippen LogP contribution in [-0.4, -0.2) is 58.7 Å². The van der Waals surface area contributed by atoms with Gasteiger partial charge in [-0.2, -0.15) is 5.10 Å². The number of rotatable bonds is 6. The van der Waals surface area contributed by atoms with Gasteiger partial charge in [-0.15, -0.1) is 0 Å². The molecule has 1 atom stereocenters. The van der Waals surface area contributed by atoms with Gasteiger partial charge in [0.05, 0.1) is 16.3 Å². The lowest BCUT2D eigenvalue weighted by molar-refractivity contribution is -0.114. The monoisotopic (exact) mass is 404 g/mol. The summed E-state index contributed by atoms with van der Waals surface area (Å²) in [6.45, 7) is 9.02. The minimum absolute atomic E-state index is 0.0986. The number of hydrogen-bond acceptors (Lipinski definition) is 6. The lowest BCUT2D eigenvalue weighted by Gasteiger charge is -2.21. The molecule has 0 saturated carbocycles. The molecule has 28 heavy (non-hydrogen) atoms. The van der Waals surface area contributed by atoms with Crippen LogP contribution in [0.4, 0.5) is 5.13 Å². The summed E-state index contributed by atoms with van der Waals surface area (Å²) in [5.41, 5.74) is 3.38. The van der Waals surface area contributed by atoms with E-state index < -0.39 is 0 Å². The molecule has 3 rings (SSSR count). The van der Waals surface area contributed by atoms with E-state index in [-0.39, 0.29) is 23.8 Å². The van der Waals surface area contributed by atoms with Gasteiger partial charge in [0.2, 0.25) is 5.91 Å². The predicted octanol–water partition coefficient (Wildman–Crippen LogP) is 2.50. The van der Waals surface area contributed by atoms with E-state index in [0.717, 1.165) is 34.8 Å². The highest BCUT2D eigenvalue weighted by molar-refractivity contribution is 7.19. The van der Waals surface area contributed by atoms with Crippen LogP contribution in [0.5, 0.6) is 0 Å². The van der Waals surface area contributed by atoms with Crippen LogP contribution < -0.4 is 10.6 Å². The molecule has 0 bridgehead atoms. The minimum atomic E-state index is -0.141. The van der Waals surface area contributed by atoms with Crippen LogP contribution in [-0.2, 0) is 11.2 Å². The van der Waals surface area contributed by atoms with Gasteiger partial charge < -0.3 is 15.5 Å². The lowest BCUT2D eigenvalue weighted by atomic mass is 9.87. The van der Waals surface area contributed by atoms with Crippen LogP contribution in [0.2, 0.25) is 0 Å². The Morgan fingerprint density at radius 3 is 2.68 bits per heavy atom. The number of anilines is 1. The molecule has 0 fully saturated rings. The van der Waals surface area contributed by atoms with E-state index in [1.807, 2.05) is 23.7 Å². The van der Waals surface area contributed by atoms with E-state index in [9.17, 15) is 9.59 Å². The summed E-state index contributed by atoms with van der Waals surface area (Å²) in [4.78, 5) is 31.9. The zero-order chi connectivity index (χ0) is 20.6. The molecule has 1 aliphatic carbocycles. The SMILES string of the molecule is CC(=O)Nc1nc2c(s1)-c1c(c(C(=O)NCCN(C)C)nn1C(C)C)C(C)C2. The molecule has 9 heteroatoms. The van der Waals surface area contributed by atoms with Crippen molar-refractivity contribution in [2.75, 3.05) is 32.5 Å². The zero-order valence-electron chi connectivity index (χ0n) is 17.3. The van der Waals surface area contributed by atoms with E-state index in [2.05, 4.69) is 36.4 Å². The van der Waals surface area contributed by atoms with Crippen molar-refractivity contribution < 1.29 is 9.59 Å². The summed E-state index contributed by atoms with van der Waals surface area (Å²) >= 11 is 1.44. The third-order valence-corrected chi connectivity index (χ3v) is 5.70. The van der Waals surface area contributed by atoms with Crippen molar-refractivity contribution in [1.82, 2.24) is 25.0 Å². The average molecular weight is 405 g/mol. The van der Waals surface area contributed by atoms with Gasteiger partial charge in [0.15, 0.2) is 10.8 Å². The first-order valence-electron chi connectivity index (χ1n) is 9.52. The second-order valence-corrected chi connectivity index (χ2v) is 8.79. The average Bonchev–Trinajstić information content (AvgIpc) is 3.15. The first-order chi connectivity index (χ1) is 13.2. The van der Waals surface area contributed by atoms with Crippen LogP contribution in [0.25, 0.3) is 10.6 Å². The van der Waals surface area contributed by atoms with Crippen molar-refractivity contribution >= 4 is 28.3 Å². The molecule has 8 nitrogen and oxygen atoms in total. The summed E-state index contributed by atoms with van der Waals surface area (Å²) in [5.74, 6) is -0.158. The number of fused-ring (bicyclic) bond motifs is 3. The Hall–Kier alpha value is -2.26. The molecule has 2 aromatic rings. The molecular formula is C19H28N6O2S. The fourth-order valence-electron chi connectivity index (χ4n) is 3.43. The smallest absolute Gasteiger partial charge is 0.272 e. The summed E-state index contributed by atoms with van der Waals surface area (Å²) in [5, 5.41) is 11.0. The molecule has 2 N–H and O–H groups in total. The molecule has 0 radical (unpaired) electrons. The maximum absolute atomic E-state index is 12.9. The second kappa shape index (κ2) is 8.00. The van der Waals surface area contributed by atoms with Crippen molar-refractivity contribution in [3.63, 3.8) is 0 Å². The van der Waals surface area contributed by atoms with Crippen molar-refractivity contribution in [3.05, 3.63) is 17.0 Å². The molecule has 2 aromatic heterocycles. The van der Waals surface area contributed by atoms with Gasteiger partial charge in [-0.1, -0.05) is 18.3 Å². The molecule has 0 aliphatic heterocycles. The van der Waals surface area contributed by atoms with Crippen molar-refractivity contribution in [2.24, 2.45) is 0 Å². The number of carbonyl (C=O) groups excluding carboxylic acids is 2. The van der Waals surface area contributed by atoms with E-state index in [4.69, 9.17) is 5.10 Å². The predicted molar refractivity (Wildman–Crippen MR) is 111 cm³/mol. The number of amides is 2. The maximum atomic E-state index is 12.9. The van der Waals surface area contributed by atoms with Gasteiger partial charge in [-0.25, -0.2) is 4.98 Å². The van der Waals surface area contributed by atoms with Gasteiger partial charge in [-0.05, 0) is 40.3 Å². The normalized spacial score (nSPS) is 15.5. The third-order valence-electron chi connectivity index (χ3n) is 4.68. The molecule has 1 aliphatic rings.